The quantitative estimate of drug-likeness (QED) is 0.746. The maximum atomic E-state index is 4.37. The molecular formula is C14H27N3S. The molecule has 1 aromatic heterocycles. The first-order valence-electron chi connectivity index (χ1n) is 7.00. The van der Waals surface area contributed by atoms with Gasteiger partial charge in [0.25, 0.3) is 0 Å². The molecule has 1 aromatic rings. The molecule has 0 fully saturated rings. The highest BCUT2D eigenvalue weighted by Crippen LogP contribution is 2.19. The molecule has 0 amide bonds. The zero-order valence-corrected chi connectivity index (χ0v) is 13.0. The zero-order chi connectivity index (χ0) is 13.4. The van der Waals surface area contributed by atoms with E-state index in [1.54, 1.807) is 0 Å². The summed E-state index contributed by atoms with van der Waals surface area (Å²) >= 11 is 2.03. The summed E-state index contributed by atoms with van der Waals surface area (Å²) < 4.78 is 2.00. The largest absolute Gasteiger partial charge is 0.309 e. The molecule has 0 aliphatic heterocycles. The van der Waals surface area contributed by atoms with E-state index in [-0.39, 0.29) is 0 Å². The molecule has 1 rings (SSSR count). The number of rotatable bonds is 9. The van der Waals surface area contributed by atoms with Gasteiger partial charge in [-0.1, -0.05) is 20.8 Å². The Bertz CT molecular complexity index is 323. The molecular weight excluding hydrogens is 242 g/mol. The fraction of sp³-hybridized carbons (Fsp3) is 0.786. The molecule has 104 valence electrons. The summed E-state index contributed by atoms with van der Waals surface area (Å²) in [6, 6.07) is 0.439. The van der Waals surface area contributed by atoms with E-state index in [1.165, 1.54) is 17.7 Å². The van der Waals surface area contributed by atoms with Crippen LogP contribution in [0.4, 0.5) is 0 Å². The Kier molecular flexibility index (Phi) is 7.44. The second kappa shape index (κ2) is 8.59. The zero-order valence-electron chi connectivity index (χ0n) is 12.1. The van der Waals surface area contributed by atoms with Gasteiger partial charge in [-0.05, 0) is 31.6 Å². The van der Waals surface area contributed by atoms with Gasteiger partial charge >= 0.3 is 0 Å². The van der Waals surface area contributed by atoms with Crippen molar-refractivity contribution in [3.8, 4) is 0 Å². The van der Waals surface area contributed by atoms with Gasteiger partial charge in [-0.2, -0.15) is 16.9 Å². The summed E-state index contributed by atoms with van der Waals surface area (Å²) in [7, 11) is 0. The number of hydrogen-bond donors (Lipinski definition) is 1. The molecule has 0 saturated heterocycles. The van der Waals surface area contributed by atoms with E-state index < -0.39 is 0 Å². The van der Waals surface area contributed by atoms with Gasteiger partial charge in [-0.3, -0.25) is 4.68 Å². The van der Waals surface area contributed by atoms with Crippen molar-refractivity contribution in [2.24, 2.45) is 5.92 Å². The highest BCUT2D eigenvalue weighted by atomic mass is 32.2. The molecule has 0 aromatic carbocycles. The molecule has 0 spiro atoms. The Labute approximate surface area is 116 Å². The van der Waals surface area contributed by atoms with Crippen molar-refractivity contribution in [1.29, 1.82) is 0 Å². The Balaban J connectivity index is 2.53. The van der Waals surface area contributed by atoms with E-state index in [9.17, 15) is 0 Å². The Morgan fingerprint density at radius 3 is 2.67 bits per heavy atom. The standard InChI is InChI=1S/C14H27N3S/c1-5-7-15-14(11-18-10-12(3)4)13-8-16-17(6-2)9-13/h8-9,12,14-15H,5-7,10-11H2,1-4H3. The SMILES string of the molecule is CCCNC(CSCC(C)C)c1cnn(CC)c1. The second-order valence-corrected chi connectivity index (χ2v) is 6.14. The number of aromatic nitrogens is 2. The number of thioether (sulfide) groups is 1. The van der Waals surface area contributed by atoms with Gasteiger partial charge < -0.3 is 5.32 Å². The van der Waals surface area contributed by atoms with Crippen molar-refractivity contribution in [3.05, 3.63) is 18.0 Å². The summed E-state index contributed by atoms with van der Waals surface area (Å²) in [4.78, 5) is 0. The van der Waals surface area contributed by atoms with E-state index in [1.807, 2.05) is 22.6 Å². The third kappa shape index (κ3) is 5.44. The third-order valence-corrected chi connectivity index (χ3v) is 4.23. The average molecular weight is 269 g/mol. The van der Waals surface area contributed by atoms with Crippen LogP contribution in [0.25, 0.3) is 0 Å². The highest BCUT2D eigenvalue weighted by molar-refractivity contribution is 7.99. The molecule has 0 radical (unpaired) electrons. The lowest BCUT2D eigenvalue weighted by Gasteiger charge is -2.17. The molecule has 18 heavy (non-hydrogen) atoms. The summed E-state index contributed by atoms with van der Waals surface area (Å²) in [5.74, 6) is 3.12. The van der Waals surface area contributed by atoms with Gasteiger partial charge in [0.15, 0.2) is 0 Å². The molecule has 1 N–H and O–H groups in total. The van der Waals surface area contributed by atoms with Crippen LogP contribution in [0.15, 0.2) is 12.4 Å². The van der Waals surface area contributed by atoms with Gasteiger partial charge in [0.2, 0.25) is 0 Å². The number of nitrogens with one attached hydrogen (secondary N) is 1. The third-order valence-electron chi connectivity index (χ3n) is 2.76. The summed E-state index contributed by atoms with van der Waals surface area (Å²) in [6.45, 7) is 10.9. The Morgan fingerprint density at radius 1 is 1.33 bits per heavy atom. The van der Waals surface area contributed by atoms with Crippen LogP contribution in [0, 0.1) is 5.92 Å². The van der Waals surface area contributed by atoms with E-state index in [2.05, 4.69) is 44.3 Å². The first-order valence-corrected chi connectivity index (χ1v) is 8.16. The summed E-state index contributed by atoms with van der Waals surface area (Å²) in [5, 5.41) is 8.00. The van der Waals surface area contributed by atoms with Crippen molar-refractivity contribution in [2.45, 2.75) is 46.7 Å². The van der Waals surface area contributed by atoms with Crippen LogP contribution in [-0.2, 0) is 6.54 Å². The Hall–Kier alpha value is -0.480. The van der Waals surface area contributed by atoms with E-state index in [4.69, 9.17) is 0 Å². The number of aryl methyl sites for hydroxylation is 1. The minimum Gasteiger partial charge on any atom is -0.309 e. The molecule has 1 heterocycles. The van der Waals surface area contributed by atoms with Crippen LogP contribution in [0.3, 0.4) is 0 Å². The number of hydrogen-bond acceptors (Lipinski definition) is 3. The minimum absolute atomic E-state index is 0.439. The van der Waals surface area contributed by atoms with Crippen LogP contribution in [0.1, 0.15) is 45.7 Å². The topological polar surface area (TPSA) is 29.9 Å². The van der Waals surface area contributed by atoms with Crippen molar-refractivity contribution in [2.75, 3.05) is 18.1 Å². The second-order valence-electron chi connectivity index (χ2n) is 5.07. The van der Waals surface area contributed by atoms with Crippen molar-refractivity contribution in [1.82, 2.24) is 15.1 Å². The van der Waals surface area contributed by atoms with Crippen LogP contribution in [0.5, 0.6) is 0 Å². The van der Waals surface area contributed by atoms with Gasteiger partial charge in [0.05, 0.1) is 6.20 Å². The van der Waals surface area contributed by atoms with Gasteiger partial charge in [-0.15, -0.1) is 0 Å². The predicted octanol–water partition coefficient (Wildman–Crippen LogP) is 3.33. The lowest BCUT2D eigenvalue weighted by Crippen LogP contribution is -2.24. The molecule has 3 nitrogen and oxygen atoms in total. The maximum Gasteiger partial charge on any atom is 0.0537 e. The highest BCUT2D eigenvalue weighted by Gasteiger charge is 2.13. The fourth-order valence-corrected chi connectivity index (χ4v) is 2.90. The lowest BCUT2D eigenvalue weighted by atomic mass is 10.2. The van der Waals surface area contributed by atoms with Crippen molar-refractivity contribution < 1.29 is 0 Å². The number of nitrogens with zero attached hydrogens (tertiary/aromatic N) is 2. The minimum atomic E-state index is 0.439. The van der Waals surface area contributed by atoms with Crippen LogP contribution in [0.2, 0.25) is 0 Å². The predicted molar refractivity (Wildman–Crippen MR) is 81.1 cm³/mol. The first kappa shape index (κ1) is 15.6. The van der Waals surface area contributed by atoms with Crippen molar-refractivity contribution >= 4 is 11.8 Å². The van der Waals surface area contributed by atoms with Crippen LogP contribution >= 0.6 is 11.8 Å². The van der Waals surface area contributed by atoms with Crippen molar-refractivity contribution in [3.63, 3.8) is 0 Å². The van der Waals surface area contributed by atoms with E-state index in [0.29, 0.717) is 6.04 Å². The summed E-state index contributed by atoms with van der Waals surface area (Å²) in [5.41, 5.74) is 1.32. The van der Waals surface area contributed by atoms with Gasteiger partial charge in [0.1, 0.15) is 0 Å². The fourth-order valence-electron chi connectivity index (χ4n) is 1.75. The average Bonchev–Trinajstić information content (AvgIpc) is 2.81. The smallest absolute Gasteiger partial charge is 0.0537 e. The van der Waals surface area contributed by atoms with Gasteiger partial charge in [0, 0.05) is 30.1 Å². The Morgan fingerprint density at radius 2 is 2.11 bits per heavy atom. The molecule has 1 unspecified atom stereocenters. The molecule has 0 bridgehead atoms. The lowest BCUT2D eigenvalue weighted by molar-refractivity contribution is 0.575. The molecule has 4 heteroatoms. The normalized spacial score (nSPS) is 13.2. The molecule has 0 aliphatic rings. The molecule has 0 saturated carbocycles. The van der Waals surface area contributed by atoms with E-state index >= 15 is 0 Å². The van der Waals surface area contributed by atoms with E-state index in [0.717, 1.165) is 24.8 Å². The monoisotopic (exact) mass is 269 g/mol. The molecule has 1 atom stereocenters. The first-order chi connectivity index (χ1) is 8.67. The maximum absolute atomic E-state index is 4.37. The van der Waals surface area contributed by atoms with Crippen LogP contribution < -0.4 is 5.32 Å². The summed E-state index contributed by atoms with van der Waals surface area (Å²) in [6.07, 6.45) is 5.35. The van der Waals surface area contributed by atoms with Gasteiger partial charge in [-0.25, -0.2) is 0 Å². The molecule has 0 aliphatic carbocycles. The van der Waals surface area contributed by atoms with Crippen LogP contribution in [-0.4, -0.2) is 27.8 Å².